The highest BCUT2D eigenvalue weighted by atomic mass is 16.4. The zero-order valence-corrected chi connectivity index (χ0v) is 18.7. The quantitative estimate of drug-likeness (QED) is 0.394. The first-order chi connectivity index (χ1) is 16.5. The molecule has 0 radical (unpaired) electrons. The molecule has 0 saturated carbocycles. The predicted molar refractivity (Wildman–Crippen MR) is 127 cm³/mol. The molecule has 174 valence electrons. The maximum absolute atomic E-state index is 11.4. The number of carbonyl (C=O) groups is 1. The van der Waals surface area contributed by atoms with E-state index in [2.05, 4.69) is 25.6 Å². The van der Waals surface area contributed by atoms with Crippen LogP contribution in [0.2, 0.25) is 0 Å². The van der Waals surface area contributed by atoms with E-state index >= 15 is 0 Å². The number of carboxylic acid groups (broad SMARTS) is 1. The van der Waals surface area contributed by atoms with Gasteiger partial charge in [0.05, 0.1) is 23.8 Å². The molecule has 5 N–H and O–H groups in total. The standard InChI is InChI=1S/C24H26N8O2/c25-10-18-13-30-23(21(31-18)24(33)34)29-12-16-3-6-17(7-4-16)20-14-28-22(26)19(32-20)8-5-15-2-1-9-27-11-15/h3-4,6-7,13-15,27H,1-2,5,8-9,11-12H2,(H2,26,28)(H,29,30)(H,33,34). The molecule has 0 aliphatic carbocycles. The van der Waals surface area contributed by atoms with Gasteiger partial charge in [0.1, 0.15) is 11.9 Å². The Labute approximate surface area is 197 Å². The van der Waals surface area contributed by atoms with Gasteiger partial charge >= 0.3 is 5.97 Å². The van der Waals surface area contributed by atoms with Gasteiger partial charge in [0, 0.05) is 12.1 Å². The maximum atomic E-state index is 11.4. The van der Waals surface area contributed by atoms with Gasteiger partial charge < -0.3 is 21.5 Å². The summed E-state index contributed by atoms with van der Waals surface area (Å²) in [5.74, 6) is -0.0170. The smallest absolute Gasteiger partial charge is 0.358 e. The lowest BCUT2D eigenvalue weighted by Crippen LogP contribution is -2.30. The number of anilines is 2. The van der Waals surface area contributed by atoms with Crippen molar-refractivity contribution in [2.45, 2.75) is 32.2 Å². The topological polar surface area (TPSA) is 163 Å². The second kappa shape index (κ2) is 10.7. The van der Waals surface area contributed by atoms with E-state index < -0.39 is 5.97 Å². The minimum atomic E-state index is -1.25. The molecule has 1 unspecified atom stereocenters. The van der Waals surface area contributed by atoms with Gasteiger partial charge in [-0.15, -0.1) is 0 Å². The third-order valence-corrected chi connectivity index (χ3v) is 5.86. The molecule has 34 heavy (non-hydrogen) atoms. The molecule has 3 heterocycles. The van der Waals surface area contributed by atoms with Crippen LogP contribution in [0.3, 0.4) is 0 Å². The van der Waals surface area contributed by atoms with Crippen LogP contribution in [-0.2, 0) is 13.0 Å². The average Bonchev–Trinajstić information content (AvgIpc) is 2.88. The van der Waals surface area contributed by atoms with Crippen LogP contribution in [0.15, 0.2) is 36.7 Å². The van der Waals surface area contributed by atoms with E-state index in [0.717, 1.165) is 48.4 Å². The van der Waals surface area contributed by atoms with Crippen LogP contribution in [-0.4, -0.2) is 44.1 Å². The van der Waals surface area contributed by atoms with Crippen molar-refractivity contribution in [2.75, 3.05) is 24.1 Å². The number of nitrogens with zero attached hydrogens (tertiary/aromatic N) is 5. The number of aromatic nitrogens is 4. The van der Waals surface area contributed by atoms with Crippen molar-refractivity contribution in [1.29, 1.82) is 5.26 Å². The fraction of sp³-hybridized carbons (Fsp3) is 0.333. The Morgan fingerprint density at radius 1 is 1.24 bits per heavy atom. The fourth-order valence-corrected chi connectivity index (χ4v) is 3.97. The molecule has 1 aromatic carbocycles. The summed E-state index contributed by atoms with van der Waals surface area (Å²) >= 11 is 0. The van der Waals surface area contributed by atoms with Crippen molar-refractivity contribution in [2.24, 2.45) is 5.92 Å². The Hall–Kier alpha value is -4.10. The van der Waals surface area contributed by atoms with E-state index in [0.29, 0.717) is 18.3 Å². The van der Waals surface area contributed by atoms with Crippen LogP contribution in [0.5, 0.6) is 0 Å². The Kier molecular flexibility index (Phi) is 7.25. The van der Waals surface area contributed by atoms with Crippen LogP contribution in [0, 0.1) is 17.2 Å². The van der Waals surface area contributed by atoms with Crippen molar-refractivity contribution in [3.8, 4) is 17.3 Å². The van der Waals surface area contributed by atoms with E-state index in [4.69, 9.17) is 16.0 Å². The average molecular weight is 459 g/mol. The molecule has 1 aliphatic heterocycles. The Morgan fingerprint density at radius 2 is 2.06 bits per heavy atom. The van der Waals surface area contributed by atoms with E-state index in [9.17, 15) is 9.90 Å². The molecule has 0 bridgehead atoms. The Morgan fingerprint density at radius 3 is 2.76 bits per heavy atom. The Bertz CT molecular complexity index is 1200. The second-order valence-electron chi connectivity index (χ2n) is 8.26. The number of hydrogen-bond acceptors (Lipinski definition) is 9. The summed E-state index contributed by atoms with van der Waals surface area (Å²) in [7, 11) is 0. The van der Waals surface area contributed by atoms with E-state index in [1.54, 1.807) is 12.3 Å². The van der Waals surface area contributed by atoms with Gasteiger partial charge in [0.15, 0.2) is 17.2 Å². The van der Waals surface area contributed by atoms with Gasteiger partial charge in [-0.1, -0.05) is 24.3 Å². The molecule has 4 rings (SSSR count). The lowest BCUT2D eigenvalue weighted by atomic mass is 9.94. The van der Waals surface area contributed by atoms with Gasteiger partial charge in [-0.05, 0) is 50.3 Å². The molecule has 3 aromatic rings. The van der Waals surface area contributed by atoms with Gasteiger partial charge in [0.2, 0.25) is 0 Å². The van der Waals surface area contributed by atoms with Crippen molar-refractivity contribution < 1.29 is 9.90 Å². The summed E-state index contributed by atoms with van der Waals surface area (Å²) in [4.78, 5) is 28.3. The summed E-state index contributed by atoms with van der Waals surface area (Å²) < 4.78 is 0. The predicted octanol–water partition coefficient (Wildman–Crippen LogP) is 2.63. The van der Waals surface area contributed by atoms with Crippen LogP contribution in [0.4, 0.5) is 11.6 Å². The lowest BCUT2D eigenvalue weighted by molar-refractivity contribution is 0.0691. The van der Waals surface area contributed by atoms with E-state index in [-0.39, 0.29) is 17.2 Å². The summed E-state index contributed by atoms with van der Waals surface area (Å²) in [5, 5.41) is 24.6. The van der Waals surface area contributed by atoms with Crippen molar-refractivity contribution in [1.82, 2.24) is 25.3 Å². The van der Waals surface area contributed by atoms with Crippen LogP contribution >= 0.6 is 0 Å². The van der Waals surface area contributed by atoms with Crippen molar-refractivity contribution in [3.63, 3.8) is 0 Å². The largest absolute Gasteiger partial charge is 0.476 e. The number of aryl methyl sites for hydroxylation is 1. The molecule has 1 saturated heterocycles. The number of nitrogen functional groups attached to an aromatic ring is 1. The molecule has 1 aliphatic rings. The summed E-state index contributed by atoms with van der Waals surface area (Å²) in [6.07, 6.45) is 7.20. The summed E-state index contributed by atoms with van der Waals surface area (Å²) in [6, 6.07) is 9.51. The molecule has 0 spiro atoms. The van der Waals surface area contributed by atoms with Gasteiger partial charge in [-0.2, -0.15) is 5.26 Å². The molecular weight excluding hydrogens is 432 g/mol. The summed E-state index contributed by atoms with van der Waals surface area (Å²) in [5.41, 5.74) is 9.17. The molecular formula is C24H26N8O2. The van der Waals surface area contributed by atoms with Crippen molar-refractivity contribution in [3.05, 3.63) is 59.3 Å². The fourth-order valence-electron chi connectivity index (χ4n) is 3.97. The number of rotatable bonds is 8. The molecule has 10 nitrogen and oxygen atoms in total. The first-order valence-electron chi connectivity index (χ1n) is 11.2. The van der Waals surface area contributed by atoms with Gasteiger partial charge in [-0.3, -0.25) is 0 Å². The summed E-state index contributed by atoms with van der Waals surface area (Å²) in [6.45, 7) is 2.49. The van der Waals surface area contributed by atoms with Crippen LogP contribution in [0.25, 0.3) is 11.3 Å². The van der Waals surface area contributed by atoms with Crippen LogP contribution < -0.4 is 16.4 Å². The SMILES string of the molecule is N#Cc1cnc(NCc2ccc(-c3cnc(N)c(CCC4CCCNC4)n3)cc2)c(C(=O)O)n1. The Balaban J connectivity index is 1.42. The highest BCUT2D eigenvalue weighted by molar-refractivity contribution is 5.90. The first-order valence-corrected chi connectivity index (χ1v) is 11.2. The minimum Gasteiger partial charge on any atom is -0.476 e. The molecule has 1 fully saturated rings. The number of nitrogens with two attached hydrogens (primary N) is 1. The molecule has 1 atom stereocenters. The van der Waals surface area contributed by atoms with Gasteiger partial charge in [-0.25, -0.2) is 24.7 Å². The minimum absolute atomic E-state index is 0.0494. The lowest BCUT2D eigenvalue weighted by Gasteiger charge is -2.22. The number of piperidine rings is 1. The number of benzene rings is 1. The number of nitriles is 1. The second-order valence-corrected chi connectivity index (χ2v) is 8.26. The third-order valence-electron chi connectivity index (χ3n) is 5.86. The van der Waals surface area contributed by atoms with E-state index in [1.807, 2.05) is 24.3 Å². The van der Waals surface area contributed by atoms with E-state index in [1.165, 1.54) is 19.0 Å². The first kappa shape index (κ1) is 23.1. The molecule has 0 amide bonds. The molecule has 10 heteroatoms. The molecule has 2 aromatic heterocycles. The van der Waals surface area contributed by atoms with Crippen LogP contribution in [0.1, 0.15) is 46.7 Å². The zero-order valence-electron chi connectivity index (χ0n) is 18.7. The normalized spacial score (nSPS) is 15.4. The number of carboxylic acids is 1. The van der Waals surface area contributed by atoms with Gasteiger partial charge in [0.25, 0.3) is 0 Å². The third kappa shape index (κ3) is 5.63. The van der Waals surface area contributed by atoms with Crippen molar-refractivity contribution >= 4 is 17.6 Å². The maximum Gasteiger partial charge on any atom is 0.358 e. The number of nitrogens with one attached hydrogen (secondary N) is 2. The highest BCUT2D eigenvalue weighted by Gasteiger charge is 2.16. The zero-order chi connectivity index (χ0) is 23.9. The monoisotopic (exact) mass is 458 g/mol. The highest BCUT2D eigenvalue weighted by Crippen LogP contribution is 2.23. The number of hydrogen-bond donors (Lipinski definition) is 4. The number of aromatic carboxylic acids is 1.